The number of amides is 2. The molecular weight excluding hydrogens is 474 g/mol. The van der Waals surface area contributed by atoms with Crippen LogP contribution in [0.15, 0.2) is 60.0 Å². The standard InChI is InChI=1S/C28H27N3O4S/c1-3-35-23-11-10-17(13-24(23)34-2)27-26-20(19-8-4-5-9-21(19)29-26)14-22-28(33)30(16-25(32)31(22)27)15-18-7-6-12-36-18/h4-13,22,27,29H,3,14-16H2,1-2H3/t22-,27-/m0/s1. The molecule has 2 atom stereocenters. The molecule has 1 saturated heterocycles. The molecule has 2 aromatic carbocycles. The van der Waals surface area contributed by atoms with Crippen molar-refractivity contribution in [2.75, 3.05) is 20.3 Å². The van der Waals surface area contributed by atoms with E-state index in [1.54, 1.807) is 28.2 Å². The molecular formula is C28H27N3O4S. The van der Waals surface area contributed by atoms with Crippen molar-refractivity contribution in [1.29, 1.82) is 0 Å². The van der Waals surface area contributed by atoms with Crippen molar-refractivity contribution in [2.24, 2.45) is 0 Å². The predicted molar refractivity (Wildman–Crippen MR) is 138 cm³/mol. The second-order valence-electron chi connectivity index (χ2n) is 9.10. The molecule has 2 aromatic heterocycles. The van der Waals surface area contributed by atoms with E-state index in [4.69, 9.17) is 9.47 Å². The van der Waals surface area contributed by atoms with E-state index in [-0.39, 0.29) is 18.4 Å². The van der Waals surface area contributed by atoms with Crippen LogP contribution in [0.2, 0.25) is 0 Å². The van der Waals surface area contributed by atoms with Gasteiger partial charge in [-0.25, -0.2) is 0 Å². The molecule has 0 spiro atoms. The Morgan fingerprint density at radius 2 is 1.94 bits per heavy atom. The number of thiophene rings is 1. The molecule has 36 heavy (non-hydrogen) atoms. The molecule has 0 saturated carbocycles. The second-order valence-corrected chi connectivity index (χ2v) is 10.1. The van der Waals surface area contributed by atoms with E-state index in [0.29, 0.717) is 31.1 Å². The molecule has 1 fully saturated rings. The fraction of sp³-hybridized carbons (Fsp3) is 0.286. The minimum atomic E-state index is -0.569. The van der Waals surface area contributed by atoms with Gasteiger partial charge in [0.25, 0.3) is 0 Å². The highest BCUT2D eigenvalue weighted by atomic mass is 32.1. The lowest BCUT2D eigenvalue weighted by molar-refractivity contribution is -0.159. The predicted octanol–water partition coefficient (Wildman–Crippen LogP) is 4.52. The number of benzene rings is 2. The van der Waals surface area contributed by atoms with Crippen molar-refractivity contribution in [3.05, 3.63) is 81.7 Å². The number of methoxy groups -OCH3 is 1. The number of para-hydroxylation sites is 1. The molecule has 0 bridgehead atoms. The maximum atomic E-state index is 13.8. The lowest BCUT2D eigenvalue weighted by Crippen LogP contribution is -2.62. The highest BCUT2D eigenvalue weighted by Gasteiger charge is 2.48. The summed E-state index contributed by atoms with van der Waals surface area (Å²) in [5, 5.41) is 3.08. The molecule has 1 N–H and O–H groups in total. The van der Waals surface area contributed by atoms with Crippen molar-refractivity contribution in [1.82, 2.24) is 14.8 Å². The van der Waals surface area contributed by atoms with Gasteiger partial charge in [-0.05, 0) is 47.7 Å². The Bertz CT molecular complexity index is 1440. The summed E-state index contributed by atoms with van der Waals surface area (Å²) in [6.07, 6.45) is 0.482. The van der Waals surface area contributed by atoms with Crippen LogP contribution in [0.5, 0.6) is 11.5 Å². The number of aromatic nitrogens is 1. The Morgan fingerprint density at radius 3 is 2.72 bits per heavy atom. The first-order valence-electron chi connectivity index (χ1n) is 12.1. The fourth-order valence-electron chi connectivity index (χ4n) is 5.52. The van der Waals surface area contributed by atoms with Crippen molar-refractivity contribution in [2.45, 2.75) is 32.0 Å². The van der Waals surface area contributed by atoms with Crippen LogP contribution in [0, 0.1) is 0 Å². The summed E-state index contributed by atoms with van der Waals surface area (Å²) in [6, 6.07) is 16.8. The molecule has 0 unspecified atom stereocenters. The Labute approximate surface area is 213 Å². The van der Waals surface area contributed by atoms with Crippen LogP contribution in [-0.4, -0.2) is 52.9 Å². The van der Waals surface area contributed by atoms with E-state index in [2.05, 4.69) is 11.1 Å². The monoisotopic (exact) mass is 501 g/mol. The molecule has 0 aliphatic carbocycles. The van der Waals surface area contributed by atoms with Gasteiger partial charge in [0.2, 0.25) is 11.8 Å². The summed E-state index contributed by atoms with van der Waals surface area (Å²) in [6.45, 7) is 2.96. The number of nitrogens with zero attached hydrogens (tertiary/aromatic N) is 2. The number of hydrogen-bond donors (Lipinski definition) is 1. The average Bonchev–Trinajstić information content (AvgIpc) is 3.54. The van der Waals surface area contributed by atoms with E-state index < -0.39 is 12.1 Å². The molecule has 6 rings (SSSR count). The third-order valence-electron chi connectivity index (χ3n) is 7.07. The zero-order valence-corrected chi connectivity index (χ0v) is 21.0. The largest absolute Gasteiger partial charge is 0.493 e. The Balaban J connectivity index is 1.48. The molecule has 8 heteroatoms. The van der Waals surface area contributed by atoms with Crippen molar-refractivity contribution in [3.63, 3.8) is 0 Å². The van der Waals surface area contributed by atoms with Crippen LogP contribution in [0.1, 0.15) is 34.7 Å². The van der Waals surface area contributed by atoms with Crippen molar-refractivity contribution in [3.8, 4) is 11.5 Å². The quantitative estimate of drug-likeness (QED) is 0.422. The van der Waals surface area contributed by atoms with Crippen molar-refractivity contribution >= 4 is 34.1 Å². The van der Waals surface area contributed by atoms with Crippen LogP contribution in [-0.2, 0) is 22.6 Å². The smallest absolute Gasteiger partial charge is 0.246 e. The number of carbonyl (C=O) groups excluding carboxylic acids is 2. The van der Waals surface area contributed by atoms with Gasteiger partial charge >= 0.3 is 0 Å². The number of H-pyrrole nitrogens is 1. The zero-order chi connectivity index (χ0) is 24.8. The molecule has 4 aromatic rings. The second kappa shape index (κ2) is 9.02. The molecule has 2 aliphatic rings. The Kier molecular flexibility index (Phi) is 5.68. The van der Waals surface area contributed by atoms with Gasteiger partial charge in [-0.15, -0.1) is 11.3 Å². The third kappa shape index (κ3) is 3.64. The maximum absolute atomic E-state index is 13.8. The number of piperazine rings is 1. The first-order valence-corrected chi connectivity index (χ1v) is 13.0. The van der Waals surface area contributed by atoms with E-state index in [1.165, 1.54) is 0 Å². The van der Waals surface area contributed by atoms with Gasteiger partial charge in [0.05, 0.1) is 26.3 Å². The van der Waals surface area contributed by atoms with Gasteiger partial charge in [0, 0.05) is 27.9 Å². The summed E-state index contributed by atoms with van der Waals surface area (Å²) < 4.78 is 11.3. The SMILES string of the molecule is CCOc1ccc([C@H]2c3[nH]c4ccccc4c3C[C@H]3C(=O)N(Cc4cccs4)CC(=O)N23)cc1OC. The fourth-order valence-corrected chi connectivity index (χ4v) is 6.24. The number of ether oxygens (including phenoxy) is 2. The third-order valence-corrected chi connectivity index (χ3v) is 7.93. The number of aromatic amines is 1. The van der Waals surface area contributed by atoms with E-state index >= 15 is 0 Å². The summed E-state index contributed by atoms with van der Waals surface area (Å²) in [5.41, 5.74) is 3.91. The number of carbonyl (C=O) groups is 2. The lowest BCUT2D eigenvalue weighted by atomic mass is 9.86. The van der Waals surface area contributed by atoms with Gasteiger partial charge in [0.1, 0.15) is 12.6 Å². The number of nitrogens with one attached hydrogen (secondary N) is 1. The van der Waals surface area contributed by atoms with Gasteiger partial charge in [-0.1, -0.05) is 30.3 Å². The average molecular weight is 502 g/mol. The minimum absolute atomic E-state index is 0.0122. The number of fused-ring (bicyclic) bond motifs is 4. The van der Waals surface area contributed by atoms with Crippen LogP contribution in [0.25, 0.3) is 10.9 Å². The molecule has 2 amide bonds. The van der Waals surface area contributed by atoms with Gasteiger partial charge in [-0.3, -0.25) is 9.59 Å². The van der Waals surface area contributed by atoms with E-state index in [9.17, 15) is 9.59 Å². The summed E-state index contributed by atoms with van der Waals surface area (Å²) in [5.74, 6) is 1.18. The molecule has 7 nitrogen and oxygen atoms in total. The lowest BCUT2D eigenvalue weighted by Gasteiger charge is -2.47. The Hall–Kier alpha value is -3.78. The van der Waals surface area contributed by atoms with Gasteiger partial charge in [-0.2, -0.15) is 0 Å². The van der Waals surface area contributed by atoms with Crippen LogP contribution in [0.4, 0.5) is 0 Å². The number of hydrogen-bond acceptors (Lipinski definition) is 5. The van der Waals surface area contributed by atoms with Gasteiger partial charge in [0.15, 0.2) is 11.5 Å². The first kappa shape index (κ1) is 22.7. The maximum Gasteiger partial charge on any atom is 0.246 e. The van der Waals surface area contributed by atoms with Crippen LogP contribution >= 0.6 is 11.3 Å². The molecule has 0 radical (unpaired) electrons. The normalized spacial score (nSPS) is 19.4. The van der Waals surface area contributed by atoms with Crippen LogP contribution in [0.3, 0.4) is 0 Å². The van der Waals surface area contributed by atoms with Crippen molar-refractivity contribution < 1.29 is 19.1 Å². The van der Waals surface area contributed by atoms with E-state index in [1.807, 2.05) is 60.8 Å². The van der Waals surface area contributed by atoms with Gasteiger partial charge < -0.3 is 24.3 Å². The molecule has 2 aliphatic heterocycles. The van der Waals surface area contributed by atoms with E-state index in [0.717, 1.165) is 32.6 Å². The number of rotatable bonds is 6. The summed E-state index contributed by atoms with van der Waals surface area (Å²) >= 11 is 1.60. The summed E-state index contributed by atoms with van der Waals surface area (Å²) in [7, 11) is 1.61. The molecule has 4 heterocycles. The minimum Gasteiger partial charge on any atom is -0.493 e. The Morgan fingerprint density at radius 1 is 1.08 bits per heavy atom. The highest BCUT2D eigenvalue weighted by Crippen LogP contribution is 2.44. The zero-order valence-electron chi connectivity index (χ0n) is 20.2. The topological polar surface area (TPSA) is 74.9 Å². The first-order chi connectivity index (χ1) is 17.6. The van der Waals surface area contributed by atoms with Crippen LogP contribution < -0.4 is 9.47 Å². The summed E-state index contributed by atoms with van der Waals surface area (Å²) in [4.78, 5) is 35.6. The molecule has 184 valence electrons. The highest BCUT2D eigenvalue weighted by molar-refractivity contribution is 7.09.